The van der Waals surface area contributed by atoms with Gasteiger partial charge in [0.25, 0.3) is 5.91 Å². The molecule has 1 aromatic rings. The molecule has 1 amide bonds. The van der Waals surface area contributed by atoms with Crippen LogP contribution in [-0.2, 0) is 4.74 Å². The van der Waals surface area contributed by atoms with E-state index in [0.29, 0.717) is 13.2 Å². The van der Waals surface area contributed by atoms with E-state index < -0.39 is 5.82 Å². The third-order valence-corrected chi connectivity index (χ3v) is 2.99. The Kier molecular flexibility index (Phi) is 5.23. The molecule has 2 rings (SSSR count). The fraction of sp³-hybridized carbons (Fsp3) is 0.538. The maximum absolute atomic E-state index is 12.9. The van der Waals surface area contributed by atoms with Crippen molar-refractivity contribution in [3.05, 3.63) is 29.8 Å². The van der Waals surface area contributed by atoms with E-state index in [-0.39, 0.29) is 17.6 Å². The van der Waals surface area contributed by atoms with Crippen LogP contribution in [0.25, 0.3) is 0 Å². The zero-order valence-corrected chi connectivity index (χ0v) is 10.7. The fourth-order valence-electron chi connectivity index (χ4n) is 1.99. The molecule has 19 heavy (non-hydrogen) atoms. The van der Waals surface area contributed by atoms with Gasteiger partial charge in [0, 0.05) is 12.7 Å². The van der Waals surface area contributed by atoms with E-state index in [1.165, 1.54) is 6.20 Å². The number of hydrogen-bond donors (Lipinski definition) is 2. The van der Waals surface area contributed by atoms with Crippen LogP contribution in [0.15, 0.2) is 18.5 Å². The van der Waals surface area contributed by atoms with Crippen molar-refractivity contribution in [2.75, 3.05) is 26.2 Å². The van der Waals surface area contributed by atoms with Crippen molar-refractivity contribution in [2.45, 2.75) is 18.9 Å². The molecule has 0 spiro atoms. The van der Waals surface area contributed by atoms with Crippen molar-refractivity contribution in [2.24, 2.45) is 0 Å². The highest BCUT2D eigenvalue weighted by molar-refractivity contribution is 5.93. The van der Waals surface area contributed by atoms with Crippen LogP contribution in [0.5, 0.6) is 0 Å². The number of rotatable bonds is 5. The molecule has 1 aliphatic rings. The van der Waals surface area contributed by atoms with Crippen molar-refractivity contribution in [3.63, 3.8) is 0 Å². The number of nitrogens with one attached hydrogen (secondary N) is 2. The standard InChI is InChI=1S/C13H18FN3O2/c14-11-7-10(8-16-9-11)13(18)17-5-6-19-12-1-3-15-4-2-12/h7-9,12,15H,1-6H2,(H,17,18). The minimum atomic E-state index is -0.515. The molecule has 5 nitrogen and oxygen atoms in total. The molecule has 1 aromatic heterocycles. The topological polar surface area (TPSA) is 63.2 Å². The van der Waals surface area contributed by atoms with E-state index in [2.05, 4.69) is 15.6 Å². The molecule has 0 atom stereocenters. The van der Waals surface area contributed by atoms with Gasteiger partial charge in [-0.2, -0.15) is 0 Å². The summed E-state index contributed by atoms with van der Waals surface area (Å²) in [5, 5.41) is 5.94. The van der Waals surface area contributed by atoms with E-state index in [9.17, 15) is 9.18 Å². The van der Waals surface area contributed by atoms with Gasteiger partial charge in [-0.1, -0.05) is 0 Å². The second kappa shape index (κ2) is 7.16. The highest BCUT2D eigenvalue weighted by Crippen LogP contribution is 2.06. The summed E-state index contributed by atoms with van der Waals surface area (Å²) in [4.78, 5) is 15.3. The number of pyridine rings is 1. The predicted octanol–water partition coefficient (Wildman–Crippen LogP) is 0.719. The summed E-state index contributed by atoms with van der Waals surface area (Å²) >= 11 is 0. The fourth-order valence-corrected chi connectivity index (χ4v) is 1.99. The minimum absolute atomic E-state index is 0.224. The summed E-state index contributed by atoms with van der Waals surface area (Å²) in [6.45, 7) is 2.84. The third kappa shape index (κ3) is 4.57. The van der Waals surface area contributed by atoms with Crippen LogP contribution in [0.2, 0.25) is 0 Å². The molecule has 2 N–H and O–H groups in total. The van der Waals surface area contributed by atoms with Crippen LogP contribution in [0.3, 0.4) is 0 Å². The Bertz CT molecular complexity index is 422. The molecule has 0 saturated carbocycles. The summed E-state index contributed by atoms with van der Waals surface area (Å²) in [5.74, 6) is -0.848. The first kappa shape index (κ1) is 13.9. The molecule has 0 aromatic carbocycles. The lowest BCUT2D eigenvalue weighted by molar-refractivity contribution is 0.0343. The van der Waals surface area contributed by atoms with Crippen molar-refractivity contribution in [1.29, 1.82) is 0 Å². The Morgan fingerprint density at radius 1 is 1.47 bits per heavy atom. The van der Waals surface area contributed by atoms with Crippen LogP contribution in [0.4, 0.5) is 4.39 Å². The van der Waals surface area contributed by atoms with Gasteiger partial charge in [-0.05, 0) is 32.0 Å². The molecule has 1 aliphatic heterocycles. The van der Waals surface area contributed by atoms with Gasteiger partial charge in [0.2, 0.25) is 0 Å². The first-order chi connectivity index (χ1) is 9.25. The first-order valence-corrected chi connectivity index (χ1v) is 6.47. The van der Waals surface area contributed by atoms with Crippen molar-refractivity contribution < 1.29 is 13.9 Å². The Balaban J connectivity index is 1.66. The first-order valence-electron chi connectivity index (χ1n) is 6.47. The van der Waals surface area contributed by atoms with Crippen LogP contribution < -0.4 is 10.6 Å². The summed E-state index contributed by atoms with van der Waals surface area (Å²) in [6.07, 6.45) is 4.68. The number of halogens is 1. The predicted molar refractivity (Wildman–Crippen MR) is 68.4 cm³/mol. The normalized spacial score (nSPS) is 16.3. The van der Waals surface area contributed by atoms with Crippen molar-refractivity contribution in [1.82, 2.24) is 15.6 Å². The second-order valence-corrected chi connectivity index (χ2v) is 4.47. The molecular weight excluding hydrogens is 249 g/mol. The van der Waals surface area contributed by atoms with Crippen LogP contribution >= 0.6 is 0 Å². The maximum Gasteiger partial charge on any atom is 0.253 e. The van der Waals surface area contributed by atoms with E-state index in [1.807, 2.05) is 0 Å². The Hall–Kier alpha value is -1.53. The average molecular weight is 267 g/mol. The highest BCUT2D eigenvalue weighted by atomic mass is 19.1. The average Bonchev–Trinajstić information content (AvgIpc) is 2.44. The molecule has 104 valence electrons. The van der Waals surface area contributed by atoms with Gasteiger partial charge < -0.3 is 15.4 Å². The Labute approximate surface area is 111 Å². The van der Waals surface area contributed by atoms with E-state index in [1.54, 1.807) is 0 Å². The number of aromatic nitrogens is 1. The number of amides is 1. The smallest absolute Gasteiger partial charge is 0.253 e. The zero-order valence-electron chi connectivity index (χ0n) is 10.7. The number of carbonyl (C=O) groups is 1. The lowest BCUT2D eigenvalue weighted by Gasteiger charge is -2.22. The van der Waals surface area contributed by atoms with Gasteiger partial charge in [0.15, 0.2) is 0 Å². The van der Waals surface area contributed by atoms with E-state index in [4.69, 9.17) is 4.74 Å². The lowest BCUT2D eigenvalue weighted by Crippen LogP contribution is -2.34. The molecule has 0 radical (unpaired) electrons. The van der Waals surface area contributed by atoms with E-state index in [0.717, 1.165) is 38.2 Å². The Morgan fingerprint density at radius 3 is 3.00 bits per heavy atom. The SMILES string of the molecule is O=C(NCCOC1CCNCC1)c1cncc(F)c1. The van der Waals surface area contributed by atoms with Crippen molar-refractivity contribution in [3.8, 4) is 0 Å². The van der Waals surface area contributed by atoms with Gasteiger partial charge in [0.05, 0.1) is 24.5 Å². The molecule has 6 heteroatoms. The third-order valence-electron chi connectivity index (χ3n) is 2.99. The van der Waals surface area contributed by atoms with Gasteiger partial charge in [-0.25, -0.2) is 4.39 Å². The van der Waals surface area contributed by atoms with Gasteiger partial charge in [0.1, 0.15) is 5.82 Å². The quantitative estimate of drug-likeness (QED) is 0.772. The number of carbonyl (C=O) groups excluding carboxylic acids is 1. The van der Waals surface area contributed by atoms with Gasteiger partial charge in [-0.3, -0.25) is 9.78 Å². The van der Waals surface area contributed by atoms with E-state index >= 15 is 0 Å². The number of piperidine rings is 1. The summed E-state index contributed by atoms with van der Waals surface area (Å²) in [5.41, 5.74) is 0.224. The van der Waals surface area contributed by atoms with Gasteiger partial charge >= 0.3 is 0 Å². The molecule has 1 fully saturated rings. The number of ether oxygens (including phenoxy) is 1. The van der Waals surface area contributed by atoms with Crippen LogP contribution in [0.1, 0.15) is 23.2 Å². The minimum Gasteiger partial charge on any atom is -0.376 e. The van der Waals surface area contributed by atoms with Crippen LogP contribution in [0, 0.1) is 5.82 Å². The summed E-state index contributed by atoms with van der Waals surface area (Å²) in [6, 6.07) is 1.16. The van der Waals surface area contributed by atoms with Crippen molar-refractivity contribution >= 4 is 5.91 Å². The van der Waals surface area contributed by atoms with Gasteiger partial charge in [-0.15, -0.1) is 0 Å². The molecule has 0 aliphatic carbocycles. The molecule has 2 heterocycles. The number of hydrogen-bond acceptors (Lipinski definition) is 4. The summed E-state index contributed by atoms with van der Waals surface area (Å²) in [7, 11) is 0. The highest BCUT2D eigenvalue weighted by Gasteiger charge is 2.13. The molecular formula is C13H18FN3O2. The Morgan fingerprint density at radius 2 is 2.26 bits per heavy atom. The maximum atomic E-state index is 12.9. The molecule has 0 unspecified atom stereocenters. The zero-order chi connectivity index (χ0) is 13.5. The van der Waals surface area contributed by atoms with Crippen LogP contribution in [-0.4, -0.2) is 43.2 Å². The monoisotopic (exact) mass is 267 g/mol. The number of nitrogens with zero attached hydrogens (tertiary/aromatic N) is 1. The molecule has 1 saturated heterocycles. The summed E-state index contributed by atoms with van der Waals surface area (Å²) < 4.78 is 18.5. The molecule has 0 bridgehead atoms. The lowest BCUT2D eigenvalue weighted by atomic mass is 10.1. The second-order valence-electron chi connectivity index (χ2n) is 4.47. The largest absolute Gasteiger partial charge is 0.376 e.